The molecular weight excluding hydrogens is 218 g/mol. The van der Waals surface area contributed by atoms with Gasteiger partial charge in [0.2, 0.25) is 0 Å². The van der Waals surface area contributed by atoms with Crippen molar-refractivity contribution in [1.29, 1.82) is 0 Å². The fourth-order valence-electron chi connectivity index (χ4n) is 1.18. The Balaban J connectivity index is 3.24. The molecule has 0 unspecified atom stereocenters. The van der Waals surface area contributed by atoms with Gasteiger partial charge in [-0.25, -0.2) is 18.6 Å². The van der Waals surface area contributed by atoms with Gasteiger partial charge in [0.15, 0.2) is 0 Å². The van der Waals surface area contributed by atoms with Crippen LogP contribution in [0.25, 0.3) is 0 Å². The number of rotatable bonds is 3. The summed E-state index contributed by atoms with van der Waals surface area (Å²) in [6, 6.07) is 1.27. The summed E-state index contributed by atoms with van der Waals surface area (Å²) in [5.74, 6) is -0.822. The second kappa shape index (κ2) is 4.87. The van der Waals surface area contributed by atoms with Crippen LogP contribution in [0.5, 0.6) is 0 Å². The number of carbonyl (C=O) groups excluding carboxylic acids is 1. The monoisotopic (exact) mass is 230 g/mol. The molecule has 1 heterocycles. The Morgan fingerprint density at radius 1 is 1.62 bits per heavy atom. The average Bonchev–Trinajstić information content (AvgIpc) is 2.21. The van der Waals surface area contributed by atoms with E-state index in [0.29, 0.717) is 5.56 Å². The summed E-state index contributed by atoms with van der Waals surface area (Å²) in [6.07, 6.45) is -2.86. The molecule has 0 aliphatic rings. The van der Waals surface area contributed by atoms with E-state index in [0.717, 1.165) is 0 Å². The van der Waals surface area contributed by atoms with Gasteiger partial charge in [0.05, 0.1) is 12.2 Å². The molecule has 6 heteroatoms. The first-order chi connectivity index (χ1) is 7.47. The predicted octanol–water partition coefficient (Wildman–Crippen LogP) is 2.09. The molecule has 0 saturated heterocycles. The zero-order chi connectivity index (χ0) is 12.3. The summed E-state index contributed by atoms with van der Waals surface area (Å²) in [6.45, 7) is 3.29. The van der Waals surface area contributed by atoms with E-state index in [1.54, 1.807) is 13.8 Å². The van der Waals surface area contributed by atoms with Crippen molar-refractivity contribution in [3.8, 4) is 0 Å². The first kappa shape index (κ1) is 12.4. The highest BCUT2D eigenvalue weighted by atomic mass is 19.3. The van der Waals surface area contributed by atoms with Gasteiger partial charge in [0.25, 0.3) is 6.43 Å². The molecule has 0 aliphatic heterocycles. The highest BCUT2D eigenvalue weighted by molar-refractivity contribution is 5.91. The van der Waals surface area contributed by atoms with Crippen LogP contribution in [-0.4, -0.2) is 17.6 Å². The zero-order valence-electron chi connectivity index (χ0n) is 8.96. The Labute approximate surface area is 91.4 Å². The van der Waals surface area contributed by atoms with Gasteiger partial charge in [0, 0.05) is 0 Å². The van der Waals surface area contributed by atoms with Crippen LogP contribution in [0, 0.1) is 6.92 Å². The van der Waals surface area contributed by atoms with Crippen LogP contribution in [0.2, 0.25) is 0 Å². The molecule has 0 spiro atoms. The summed E-state index contributed by atoms with van der Waals surface area (Å²) in [7, 11) is 0. The van der Waals surface area contributed by atoms with E-state index in [1.165, 1.54) is 6.07 Å². The van der Waals surface area contributed by atoms with E-state index >= 15 is 0 Å². The summed E-state index contributed by atoms with van der Waals surface area (Å²) in [5, 5.41) is 0. The van der Waals surface area contributed by atoms with Crippen LogP contribution in [0.15, 0.2) is 6.07 Å². The molecule has 16 heavy (non-hydrogen) atoms. The molecule has 4 nitrogen and oxygen atoms in total. The van der Waals surface area contributed by atoms with Gasteiger partial charge >= 0.3 is 5.97 Å². The number of esters is 1. The number of carbonyl (C=O) groups is 1. The van der Waals surface area contributed by atoms with Gasteiger partial charge in [-0.05, 0) is 25.5 Å². The number of alkyl halides is 2. The minimum atomic E-state index is -2.86. The smallest absolute Gasteiger partial charge is 0.340 e. The standard InChI is InChI=1S/C10H12F2N2O2/c1-3-16-10(15)6-4-5(2)9(13)14-7(6)8(11)12/h4,8H,3H2,1-2H3,(H2,13,14). The Hall–Kier alpha value is -1.72. The summed E-state index contributed by atoms with van der Waals surface area (Å²) < 4.78 is 29.9. The largest absolute Gasteiger partial charge is 0.462 e. The lowest BCUT2D eigenvalue weighted by atomic mass is 10.1. The Morgan fingerprint density at radius 2 is 2.25 bits per heavy atom. The molecule has 88 valence electrons. The van der Waals surface area contributed by atoms with Crippen molar-refractivity contribution in [2.45, 2.75) is 20.3 Å². The molecule has 0 amide bonds. The number of hydrogen-bond acceptors (Lipinski definition) is 4. The lowest BCUT2D eigenvalue weighted by Gasteiger charge is -2.09. The quantitative estimate of drug-likeness (QED) is 0.807. The molecule has 1 aromatic heterocycles. The zero-order valence-corrected chi connectivity index (χ0v) is 8.96. The number of anilines is 1. The van der Waals surface area contributed by atoms with Gasteiger partial charge in [-0.3, -0.25) is 0 Å². The number of aryl methyl sites for hydroxylation is 1. The third-order valence-corrected chi connectivity index (χ3v) is 1.98. The molecule has 0 aliphatic carbocycles. The van der Waals surface area contributed by atoms with E-state index < -0.39 is 18.1 Å². The summed E-state index contributed by atoms with van der Waals surface area (Å²) >= 11 is 0. The van der Waals surface area contributed by atoms with E-state index in [4.69, 9.17) is 5.73 Å². The molecule has 0 aromatic carbocycles. The van der Waals surface area contributed by atoms with E-state index in [1.807, 2.05) is 0 Å². The van der Waals surface area contributed by atoms with E-state index in [9.17, 15) is 13.6 Å². The minimum Gasteiger partial charge on any atom is -0.462 e. The number of nitrogens with zero attached hydrogens (tertiary/aromatic N) is 1. The van der Waals surface area contributed by atoms with Crippen molar-refractivity contribution in [3.05, 3.63) is 22.9 Å². The maximum absolute atomic E-state index is 12.6. The van der Waals surface area contributed by atoms with Crippen molar-refractivity contribution in [1.82, 2.24) is 4.98 Å². The van der Waals surface area contributed by atoms with Crippen molar-refractivity contribution in [2.24, 2.45) is 0 Å². The molecule has 2 N–H and O–H groups in total. The number of nitrogens with two attached hydrogens (primary N) is 1. The summed E-state index contributed by atoms with van der Waals surface area (Å²) in [4.78, 5) is 14.9. The van der Waals surface area contributed by atoms with Gasteiger partial charge in [-0.2, -0.15) is 0 Å². The molecule has 1 aromatic rings. The average molecular weight is 230 g/mol. The maximum Gasteiger partial charge on any atom is 0.340 e. The summed E-state index contributed by atoms with van der Waals surface area (Å²) in [5.41, 5.74) is 5.00. The lowest BCUT2D eigenvalue weighted by molar-refractivity contribution is 0.0513. The van der Waals surface area contributed by atoms with Crippen molar-refractivity contribution < 1.29 is 18.3 Å². The molecule has 0 radical (unpaired) electrons. The van der Waals surface area contributed by atoms with Crippen LogP contribution < -0.4 is 5.73 Å². The van der Waals surface area contributed by atoms with Gasteiger partial charge in [0.1, 0.15) is 11.5 Å². The predicted molar refractivity (Wildman–Crippen MR) is 54.3 cm³/mol. The first-order valence-electron chi connectivity index (χ1n) is 4.69. The highest BCUT2D eigenvalue weighted by Gasteiger charge is 2.22. The Kier molecular flexibility index (Phi) is 3.76. The molecule has 0 bridgehead atoms. The SMILES string of the molecule is CCOC(=O)c1cc(C)c(N)nc1C(F)F. The fourth-order valence-corrected chi connectivity index (χ4v) is 1.18. The van der Waals surface area contributed by atoms with Crippen LogP contribution in [0.4, 0.5) is 14.6 Å². The van der Waals surface area contributed by atoms with Gasteiger partial charge in [-0.15, -0.1) is 0 Å². The number of hydrogen-bond donors (Lipinski definition) is 1. The maximum atomic E-state index is 12.6. The van der Waals surface area contributed by atoms with Crippen LogP contribution in [0.3, 0.4) is 0 Å². The first-order valence-corrected chi connectivity index (χ1v) is 4.69. The Bertz CT molecular complexity index is 408. The van der Waals surface area contributed by atoms with E-state index in [2.05, 4.69) is 9.72 Å². The van der Waals surface area contributed by atoms with Crippen LogP contribution in [-0.2, 0) is 4.74 Å². The van der Waals surface area contributed by atoms with Crippen LogP contribution >= 0.6 is 0 Å². The second-order valence-electron chi connectivity index (χ2n) is 3.14. The third-order valence-electron chi connectivity index (χ3n) is 1.98. The number of nitrogen functional groups attached to an aromatic ring is 1. The third kappa shape index (κ3) is 2.44. The molecule has 1 rings (SSSR count). The van der Waals surface area contributed by atoms with Crippen molar-refractivity contribution in [2.75, 3.05) is 12.3 Å². The van der Waals surface area contributed by atoms with Crippen molar-refractivity contribution >= 4 is 11.8 Å². The van der Waals surface area contributed by atoms with Crippen molar-refractivity contribution in [3.63, 3.8) is 0 Å². The number of pyridine rings is 1. The van der Waals surface area contributed by atoms with Gasteiger partial charge < -0.3 is 10.5 Å². The molecule has 0 atom stereocenters. The molecule has 0 saturated carbocycles. The Morgan fingerprint density at radius 3 is 2.75 bits per heavy atom. The number of halogens is 2. The normalized spacial score (nSPS) is 10.6. The fraction of sp³-hybridized carbons (Fsp3) is 0.400. The topological polar surface area (TPSA) is 65.2 Å². The highest BCUT2D eigenvalue weighted by Crippen LogP contribution is 2.24. The lowest BCUT2D eigenvalue weighted by Crippen LogP contribution is -2.12. The molecule has 0 fully saturated rings. The minimum absolute atomic E-state index is 0.0108. The molecular formula is C10H12F2N2O2. The van der Waals surface area contributed by atoms with Gasteiger partial charge in [-0.1, -0.05) is 0 Å². The number of ether oxygens (including phenoxy) is 1. The number of aromatic nitrogens is 1. The van der Waals surface area contributed by atoms with Crippen LogP contribution in [0.1, 0.15) is 35.0 Å². The van der Waals surface area contributed by atoms with E-state index in [-0.39, 0.29) is 18.0 Å². The second-order valence-corrected chi connectivity index (χ2v) is 3.14.